The summed E-state index contributed by atoms with van der Waals surface area (Å²) in [6.45, 7) is 2.04. The van der Waals surface area contributed by atoms with E-state index in [1.54, 1.807) is 16.3 Å². The van der Waals surface area contributed by atoms with Crippen molar-refractivity contribution in [2.45, 2.75) is 18.5 Å². The molecule has 0 bridgehead atoms. The molecule has 27 heavy (non-hydrogen) atoms. The van der Waals surface area contributed by atoms with Crippen LogP contribution in [0.25, 0.3) is 16.6 Å². The van der Waals surface area contributed by atoms with Crippen LogP contribution >= 0.6 is 11.8 Å². The zero-order valence-electron chi connectivity index (χ0n) is 15.1. The lowest BCUT2D eigenvalue weighted by Gasteiger charge is -2.13. The Balaban J connectivity index is 1.74. The third kappa shape index (κ3) is 3.81. The van der Waals surface area contributed by atoms with Crippen LogP contribution in [0.1, 0.15) is 11.1 Å². The molecule has 134 valence electrons. The van der Waals surface area contributed by atoms with Crippen molar-refractivity contribution in [2.75, 3.05) is 5.75 Å². The lowest BCUT2D eigenvalue weighted by Crippen LogP contribution is -2.21. The average molecular weight is 372 g/mol. The fourth-order valence-corrected chi connectivity index (χ4v) is 4.04. The van der Waals surface area contributed by atoms with E-state index in [0.717, 1.165) is 28.5 Å². The lowest BCUT2D eigenvalue weighted by molar-refractivity contribution is 0.819. The van der Waals surface area contributed by atoms with Crippen molar-refractivity contribution in [3.63, 3.8) is 0 Å². The van der Waals surface area contributed by atoms with Crippen molar-refractivity contribution < 1.29 is 0 Å². The molecule has 0 amide bonds. The van der Waals surface area contributed by atoms with Gasteiger partial charge in [-0.3, -0.25) is 9.36 Å². The van der Waals surface area contributed by atoms with Crippen LogP contribution in [0.3, 0.4) is 0 Å². The number of aryl methyl sites for hydroxylation is 2. The molecule has 0 atom stereocenters. The predicted molar refractivity (Wildman–Crippen MR) is 113 cm³/mol. The second-order valence-corrected chi connectivity index (χ2v) is 7.53. The highest BCUT2D eigenvalue weighted by molar-refractivity contribution is 7.99. The number of hydrogen-bond acceptors (Lipinski definition) is 3. The highest BCUT2D eigenvalue weighted by atomic mass is 32.2. The minimum absolute atomic E-state index is 0.0216. The van der Waals surface area contributed by atoms with E-state index >= 15 is 0 Å². The van der Waals surface area contributed by atoms with E-state index < -0.39 is 0 Å². The summed E-state index contributed by atoms with van der Waals surface area (Å²) in [6, 6.07) is 25.9. The average Bonchev–Trinajstić information content (AvgIpc) is 2.70. The van der Waals surface area contributed by atoms with Crippen LogP contribution in [0.4, 0.5) is 0 Å². The lowest BCUT2D eigenvalue weighted by atomic mass is 10.2. The second kappa shape index (κ2) is 7.80. The van der Waals surface area contributed by atoms with Gasteiger partial charge in [-0.15, -0.1) is 0 Å². The summed E-state index contributed by atoms with van der Waals surface area (Å²) in [4.78, 5) is 18.0. The molecule has 3 nitrogen and oxygen atoms in total. The maximum Gasteiger partial charge on any atom is 0.266 e. The van der Waals surface area contributed by atoms with Crippen LogP contribution in [-0.2, 0) is 6.42 Å². The number of thioether (sulfide) groups is 1. The van der Waals surface area contributed by atoms with E-state index in [1.165, 1.54) is 11.1 Å². The van der Waals surface area contributed by atoms with Crippen molar-refractivity contribution in [3.8, 4) is 5.69 Å². The topological polar surface area (TPSA) is 34.9 Å². The molecular formula is C23H20N2OS. The summed E-state index contributed by atoms with van der Waals surface area (Å²) in [5.74, 6) is 0.862. The van der Waals surface area contributed by atoms with Crippen LogP contribution in [0, 0.1) is 6.92 Å². The molecule has 0 spiro atoms. The molecule has 1 heterocycles. The van der Waals surface area contributed by atoms with Crippen LogP contribution in [-0.4, -0.2) is 15.3 Å². The van der Waals surface area contributed by atoms with Crippen molar-refractivity contribution in [1.29, 1.82) is 0 Å². The Morgan fingerprint density at radius 3 is 2.37 bits per heavy atom. The van der Waals surface area contributed by atoms with Gasteiger partial charge in [0.2, 0.25) is 0 Å². The van der Waals surface area contributed by atoms with Crippen molar-refractivity contribution in [1.82, 2.24) is 9.55 Å². The maximum absolute atomic E-state index is 13.2. The molecule has 0 aliphatic heterocycles. The monoisotopic (exact) mass is 372 g/mol. The number of benzene rings is 3. The van der Waals surface area contributed by atoms with Gasteiger partial charge in [-0.25, -0.2) is 4.98 Å². The van der Waals surface area contributed by atoms with E-state index in [-0.39, 0.29) is 5.56 Å². The first kappa shape index (κ1) is 17.6. The summed E-state index contributed by atoms with van der Waals surface area (Å²) >= 11 is 1.62. The number of hydrogen-bond donors (Lipinski definition) is 0. The van der Waals surface area contributed by atoms with Crippen LogP contribution in [0.2, 0.25) is 0 Å². The normalized spacial score (nSPS) is 11.0. The molecule has 0 unspecified atom stereocenters. The Morgan fingerprint density at radius 2 is 1.59 bits per heavy atom. The van der Waals surface area contributed by atoms with Crippen molar-refractivity contribution >= 4 is 22.7 Å². The predicted octanol–water partition coefficient (Wildman–Crippen LogP) is 5.03. The van der Waals surface area contributed by atoms with Gasteiger partial charge in [-0.2, -0.15) is 0 Å². The van der Waals surface area contributed by atoms with Gasteiger partial charge in [0.1, 0.15) is 0 Å². The van der Waals surface area contributed by atoms with E-state index in [9.17, 15) is 4.79 Å². The van der Waals surface area contributed by atoms with Gasteiger partial charge >= 0.3 is 0 Å². The molecule has 3 aromatic carbocycles. The summed E-state index contributed by atoms with van der Waals surface area (Å²) < 4.78 is 1.73. The fraction of sp³-hybridized carbons (Fsp3) is 0.130. The number of para-hydroxylation sites is 1. The molecule has 4 rings (SSSR count). The van der Waals surface area contributed by atoms with Crippen molar-refractivity contribution in [2.24, 2.45) is 0 Å². The Kier molecular flexibility index (Phi) is 5.07. The highest BCUT2D eigenvalue weighted by Crippen LogP contribution is 2.22. The Bertz CT molecular complexity index is 1120. The first-order valence-corrected chi connectivity index (χ1v) is 9.96. The Morgan fingerprint density at radius 1 is 0.889 bits per heavy atom. The molecule has 4 heteroatoms. The van der Waals surface area contributed by atoms with Crippen LogP contribution in [0.5, 0.6) is 0 Å². The largest absolute Gasteiger partial charge is 0.268 e. The third-order valence-corrected chi connectivity index (χ3v) is 5.44. The third-order valence-electron chi connectivity index (χ3n) is 4.50. The second-order valence-electron chi connectivity index (χ2n) is 6.47. The van der Waals surface area contributed by atoms with E-state index in [1.807, 2.05) is 61.5 Å². The van der Waals surface area contributed by atoms with E-state index in [0.29, 0.717) is 5.39 Å². The quantitative estimate of drug-likeness (QED) is 0.364. The molecule has 1 aromatic heterocycles. The minimum Gasteiger partial charge on any atom is -0.268 e. The zero-order chi connectivity index (χ0) is 18.6. The van der Waals surface area contributed by atoms with Gasteiger partial charge in [-0.1, -0.05) is 71.9 Å². The van der Waals surface area contributed by atoms with E-state index in [4.69, 9.17) is 4.98 Å². The summed E-state index contributed by atoms with van der Waals surface area (Å²) in [6.07, 6.45) is 0.933. The molecule has 0 N–H and O–H groups in total. The van der Waals surface area contributed by atoms with Gasteiger partial charge in [0.25, 0.3) is 5.56 Å². The molecule has 0 radical (unpaired) electrons. The number of rotatable bonds is 5. The number of fused-ring (bicyclic) bond motifs is 1. The smallest absolute Gasteiger partial charge is 0.266 e. The van der Waals surface area contributed by atoms with Crippen LogP contribution in [0.15, 0.2) is 88.8 Å². The van der Waals surface area contributed by atoms with E-state index in [2.05, 4.69) is 24.3 Å². The zero-order valence-corrected chi connectivity index (χ0v) is 15.9. The number of nitrogens with zero attached hydrogens (tertiary/aromatic N) is 2. The first-order chi connectivity index (χ1) is 13.2. The highest BCUT2D eigenvalue weighted by Gasteiger charge is 2.13. The summed E-state index contributed by atoms with van der Waals surface area (Å²) in [7, 11) is 0. The van der Waals surface area contributed by atoms with Gasteiger partial charge in [0.15, 0.2) is 5.16 Å². The molecule has 0 fully saturated rings. The minimum atomic E-state index is -0.0216. The SMILES string of the molecule is Cc1ccc(-n2c(SCCc3ccccc3)nc3ccccc3c2=O)cc1. The fourth-order valence-electron chi connectivity index (χ4n) is 3.04. The van der Waals surface area contributed by atoms with Gasteiger partial charge in [0.05, 0.1) is 16.6 Å². The summed E-state index contributed by atoms with van der Waals surface area (Å²) in [5.41, 5.74) is 4.03. The standard InChI is InChI=1S/C23H20N2OS/c1-17-11-13-19(14-12-17)25-22(26)20-9-5-6-10-21(20)24-23(25)27-16-15-18-7-3-2-4-8-18/h2-14H,15-16H2,1H3. The van der Waals surface area contributed by atoms with Gasteiger partial charge in [0, 0.05) is 5.75 Å². The molecule has 0 saturated carbocycles. The Labute approximate surface area is 162 Å². The van der Waals surface area contributed by atoms with Gasteiger partial charge in [-0.05, 0) is 43.2 Å². The van der Waals surface area contributed by atoms with Crippen LogP contribution < -0.4 is 5.56 Å². The van der Waals surface area contributed by atoms with Gasteiger partial charge < -0.3 is 0 Å². The molecule has 0 aliphatic carbocycles. The first-order valence-electron chi connectivity index (χ1n) is 8.98. The molecule has 4 aromatic rings. The Hall–Kier alpha value is -2.85. The number of aromatic nitrogens is 2. The molecule has 0 aliphatic rings. The maximum atomic E-state index is 13.2. The molecular weight excluding hydrogens is 352 g/mol. The summed E-state index contributed by atoms with van der Waals surface area (Å²) in [5, 5.41) is 1.38. The van der Waals surface area contributed by atoms with Crippen molar-refractivity contribution in [3.05, 3.63) is 100 Å². The molecule has 0 saturated heterocycles.